The number of carbonyl (C=O) groups excluding carboxylic acids is 1. The van der Waals surface area contributed by atoms with Gasteiger partial charge in [0.1, 0.15) is 11.4 Å². The summed E-state index contributed by atoms with van der Waals surface area (Å²) >= 11 is 0. The second-order valence-electron chi connectivity index (χ2n) is 6.25. The molecule has 0 heterocycles. The maximum Gasteiger partial charge on any atom is 0.434 e. The van der Waals surface area contributed by atoms with E-state index in [2.05, 4.69) is 4.74 Å². The van der Waals surface area contributed by atoms with Crippen LogP contribution in [0.2, 0.25) is 0 Å². The molecule has 1 aromatic carbocycles. The van der Waals surface area contributed by atoms with Gasteiger partial charge in [-0.2, -0.15) is 26.3 Å². The summed E-state index contributed by atoms with van der Waals surface area (Å²) in [6.45, 7) is 1.26. The first-order valence-electron chi connectivity index (χ1n) is 8.04. The van der Waals surface area contributed by atoms with Crippen LogP contribution in [0.25, 0.3) is 0 Å². The summed E-state index contributed by atoms with van der Waals surface area (Å²) in [5.74, 6) is -1.07. The predicted octanol–water partition coefficient (Wildman–Crippen LogP) is 5.28. The lowest BCUT2D eigenvalue weighted by Gasteiger charge is -2.37. The van der Waals surface area contributed by atoms with Crippen molar-refractivity contribution in [2.45, 2.75) is 63.1 Å². The molecule has 0 N–H and O–H groups in total. The van der Waals surface area contributed by atoms with Gasteiger partial charge in [-0.15, -0.1) is 0 Å². The normalized spacial score (nSPS) is 17.8. The molecular weight excluding hydrogens is 366 g/mol. The van der Waals surface area contributed by atoms with Gasteiger partial charge in [0.25, 0.3) is 6.10 Å². The van der Waals surface area contributed by atoms with Crippen molar-refractivity contribution in [3.63, 3.8) is 0 Å². The van der Waals surface area contributed by atoms with Crippen LogP contribution in [0.3, 0.4) is 0 Å². The van der Waals surface area contributed by atoms with Crippen molar-refractivity contribution < 1.29 is 40.6 Å². The summed E-state index contributed by atoms with van der Waals surface area (Å²) in [7, 11) is 0. The molecule has 1 fully saturated rings. The highest BCUT2D eigenvalue weighted by Gasteiger charge is 2.59. The molecule has 0 bridgehead atoms. The van der Waals surface area contributed by atoms with Gasteiger partial charge in [0.2, 0.25) is 0 Å². The summed E-state index contributed by atoms with van der Waals surface area (Å²) in [6.07, 6.45) is -11.4. The second-order valence-corrected chi connectivity index (χ2v) is 6.25. The fourth-order valence-electron chi connectivity index (χ4n) is 3.14. The highest BCUT2D eigenvalue weighted by atomic mass is 19.4. The number of benzene rings is 1. The van der Waals surface area contributed by atoms with E-state index in [1.54, 1.807) is 0 Å². The first-order chi connectivity index (χ1) is 11.9. The van der Waals surface area contributed by atoms with Crippen LogP contribution in [-0.4, -0.2) is 24.4 Å². The summed E-state index contributed by atoms with van der Waals surface area (Å²) in [5.41, 5.74) is -0.383. The molecule has 2 rings (SSSR count). The van der Waals surface area contributed by atoms with Crippen LogP contribution in [0.1, 0.15) is 44.6 Å². The van der Waals surface area contributed by atoms with Gasteiger partial charge in [0, 0.05) is 6.92 Å². The van der Waals surface area contributed by atoms with E-state index in [1.165, 1.54) is 19.1 Å². The SMILES string of the molecule is CC(=O)OC1(c2ccc(OC(C(F)(F)F)C(F)(F)F)cc2)CCCCC1. The van der Waals surface area contributed by atoms with Crippen molar-refractivity contribution >= 4 is 5.97 Å². The van der Waals surface area contributed by atoms with Crippen LogP contribution in [0.5, 0.6) is 5.75 Å². The average Bonchev–Trinajstić information content (AvgIpc) is 2.51. The summed E-state index contributed by atoms with van der Waals surface area (Å²) in [4.78, 5) is 11.4. The minimum Gasteiger partial charge on any atom is -0.471 e. The van der Waals surface area contributed by atoms with Crippen LogP contribution in [0.4, 0.5) is 26.3 Å². The van der Waals surface area contributed by atoms with Crippen LogP contribution in [-0.2, 0) is 15.1 Å². The van der Waals surface area contributed by atoms with Gasteiger partial charge in [-0.3, -0.25) is 4.79 Å². The van der Waals surface area contributed by atoms with Crippen molar-refractivity contribution in [3.05, 3.63) is 29.8 Å². The number of carbonyl (C=O) groups is 1. The number of esters is 1. The Morgan fingerprint density at radius 1 is 0.962 bits per heavy atom. The van der Waals surface area contributed by atoms with Crippen molar-refractivity contribution in [2.75, 3.05) is 0 Å². The highest BCUT2D eigenvalue weighted by molar-refractivity contribution is 5.67. The quantitative estimate of drug-likeness (QED) is 0.523. The van der Waals surface area contributed by atoms with Crippen molar-refractivity contribution in [1.29, 1.82) is 0 Å². The molecule has 9 heteroatoms. The standard InChI is InChI=1S/C17H18F6O3/c1-11(24)26-15(9-3-2-4-10-15)12-5-7-13(8-6-12)25-14(16(18,19)20)17(21,22)23/h5-8,14H,2-4,9-10H2,1H3. The fraction of sp³-hybridized carbons (Fsp3) is 0.588. The van der Waals surface area contributed by atoms with Gasteiger partial charge in [-0.1, -0.05) is 18.6 Å². The van der Waals surface area contributed by atoms with E-state index >= 15 is 0 Å². The Balaban J connectivity index is 2.24. The molecule has 1 aliphatic carbocycles. The van der Waals surface area contributed by atoms with Gasteiger partial charge >= 0.3 is 18.3 Å². The van der Waals surface area contributed by atoms with E-state index < -0.39 is 35.8 Å². The lowest BCUT2D eigenvalue weighted by atomic mass is 9.79. The zero-order chi connectivity index (χ0) is 19.6. The molecule has 0 atom stereocenters. The second kappa shape index (κ2) is 7.36. The molecule has 3 nitrogen and oxygen atoms in total. The number of rotatable bonds is 4. The summed E-state index contributed by atoms with van der Waals surface area (Å²) in [6, 6.07) is 4.74. The Kier molecular flexibility index (Phi) is 5.77. The molecule has 0 saturated heterocycles. The van der Waals surface area contributed by atoms with Crippen molar-refractivity contribution in [1.82, 2.24) is 0 Å². The summed E-state index contributed by atoms with van der Waals surface area (Å²) < 4.78 is 85.0. The van der Waals surface area contributed by atoms with Crippen molar-refractivity contribution in [3.8, 4) is 5.75 Å². The molecule has 0 aromatic heterocycles. The van der Waals surface area contributed by atoms with Crippen molar-refractivity contribution in [2.24, 2.45) is 0 Å². The Morgan fingerprint density at radius 3 is 1.88 bits per heavy atom. The van der Waals surface area contributed by atoms with E-state index in [9.17, 15) is 31.1 Å². The maximum atomic E-state index is 12.6. The van der Waals surface area contributed by atoms with Gasteiger partial charge in [-0.05, 0) is 43.4 Å². The topological polar surface area (TPSA) is 35.5 Å². The molecular formula is C17H18F6O3. The zero-order valence-corrected chi connectivity index (χ0v) is 13.9. The third kappa shape index (κ3) is 4.82. The van der Waals surface area contributed by atoms with Gasteiger partial charge < -0.3 is 9.47 Å². The smallest absolute Gasteiger partial charge is 0.434 e. The Bertz CT molecular complexity index is 601. The molecule has 0 unspecified atom stereocenters. The predicted molar refractivity (Wildman–Crippen MR) is 79.5 cm³/mol. The lowest BCUT2D eigenvalue weighted by Crippen LogP contribution is -2.46. The van der Waals surface area contributed by atoms with E-state index in [4.69, 9.17) is 4.74 Å². The molecule has 26 heavy (non-hydrogen) atoms. The molecule has 0 aliphatic heterocycles. The maximum absolute atomic E-state index is 12.6. The van der Waals surface area contributed by atoms with Gasteiger partial charge in [-0.25, -0.2) is 0 Å². The number of halogens is 6. The molecule has 0 spiro atoms. The van der Waals surface area contributed by atoms with Crippen LogP contribution >= 0.6 is 0 Å². The molecule has 0 radical (unpaired) electrons. The van der Waals surface area contributed by atoms with Crippen LogP contribution < -0.4 is 4.74 Å². The first-order valence-corrected chi connectivity index (χ1v) is 8.04. The average molecular weight is 384 g/mol. The third-order valence-electron chi connectivity index (χ3n) is 4.23. The number of hydrogen-bond acceptors (Lipinski definition) is 3. The molecule has 1 aromatic rings. The Morgan fingerprint density at radius 2 is 1.46 bits per heavy atom. The van der Waals surface area contributed by atoms with E-state index in [-0.39, 0.29) is 0 Å². The molecule has 1 aliphatic rings. The monoisotopic (exact) mass is 384 g/mol. The van der Waals surface area contributed by atoms with E-state index in [0.717, 1.165) is 31.4 Å². The first kappa shape index (κ1) is 20.4. The highest BCUT2D eigenvalue weighted by Crippen LogP contribution is 2.42. The van der Waals surface area contributed by atoms with E-state index in [0.29, 0.717) is 18.4 Å². The number of ether oxygens (including phenoxy) is 2. The molecule has 1 saturated carbocycles. The van der Waals surface area contributed by atoms with Crippen LogP contribution in [0, 0.1) is 0 Å². The number of alkyl halides is 6. The third-order valence-corrected chi connectivity index (χ3v) is 4.23. The minimum atomic E-state index is -5.58. The van der Waals surface area contributed by atoms with Crippen LogP contribution in [0.15, 0.2) is 24.3 Å². The Hall–Kier alpha value is -1.93. The van der Waals surface area contributed by atoms with E-state index in [1.807, 2.05) is 0 Å². The molecule has 0 amide bonds. The van der Waals surface area contributed by atoms with Gasteiger partial charge in [0.05, 0.1) is 0 Å². The zero-order valence-electron chi connectivity index (χ0n) is 13.9. The minimum absolute atomic E-state index is 0.499. The van der Waals surface area contributed by atoms with Gasteiger partial charge in [0.15, 0.2) is 0 Å². The molecule has 146 valence electrons. The number of hydrogen-bond donors (Lipinski definition) is 0. The largest absolute Gasteiger partial charge is 0.471 e. The fourth-order valence-corrected chi connectivity index (χ4v) is 3.14. The summed E-state index contributed by atoms with van der Waals surface area (Å²) in [5, 5.41) is 0. The lowest BCUT2D eigenvalue weighted by molar-refractivity contribution is -0.299. The Labute approximate surface area is 146 Å².